The molecular formula is C17H20N2O4. The highest BCUT2D eigenvalue weighted by atomic mass is 16.5. The quantitative estimate of drug-likeness (QED) is 0.829. The number of carbonyl (C=O) groups is 3. The molecule has 6 heteroatoms. The number of aryl methyl sites for hydroxylation is 1. The van der Waals surface area contributed by atoms with Crippen molar-refractivity contribution in [3.63, 3.8) is 0 Å². The second-order valence-electron chi connectivity index (χ2n) is 5.37. The van der Waals surface area contributed by atoms with Gasteiger partial charge in [-0.15, -0.1) is 0 Å². The van der Waals surface area contributed by atoms with Gasteiger partial charge in [0.05, 0.1) is 18.6 Å². The van der Waals surface area contributed by atoms with Crippen LogP contribution in [0.1, 0.15) is 25.8 Å². The van der Waals surface area contributed by atoms with E-state index in [-0.39, 0.29) is 17.9 Å². The molecule has 1 aromatic rings. The minimum absolute atomic E-state index is 0.0827. The molecule has 0 radical (unpaired) electrons. The number of nitrogens with one attached hydrogen (secondary N) is 2. The first-order chi connectivity index (χ1) is 11.0. The average molecular weight is 316 g/mol. The van der Waals surface area contributed by atoms with Gasteiger partial charge < -0.3 is 15.4 Å². The molecule has 0 saturated heterocycles. The van der Waals surface area contributed by atoms with E-state index in [0.717, 1.165) is 12.0 Å². The largest absolute Gasteiger partial charge is 0.466 e. The zero-order valence-corrected chi connectivity index (χ0v) is 13.4. The Morgan fingerprint density at radius 1 is 1.30 bits per heavy atom. The Hall–Kier alpha value is -2.63. The first-order valence-corrected chi connectivity index (χ1v) is 7.45. The molecule has 1 atom stereocenters. The maximum absolute atomic E-state index is 12.5. The van der Waals surface area contributed by atoms with E-state index >= 15 is 0 Å². The van der Waals surface area contributed by atoms with Gasteiger partial charge in [0.15, 0.2) is 0 Å². The molecule has 1 aliphatic rings. The lowest BCUT2D eigenvalue weighted by Crippen LogP contribution is -2.40. The summed E-state index contributed by atoms with van der Waals surface area (Å²) in [5.41, 5.74) is 2.33. The molecular weight excluding hydrogens is 296 g/mol. The molecule has 0 bridgehead atoms. The van der Waals surface area contributed by atoms with Crippen molar-refractivity contribution in [2.75, 3.05) is 12.4 Å². The third-order valence-corrected chi connectivity index (χ3v) is 3.82. The number of methoxy groups -OCH3 is 1. The van der Waals surface area contributed by atoms with E-state index in [2.05, 4.69) is 10.6 Å². The number of ether oxygens (including phenoxy) is 1. The van der Waals surface area contributed by atoms with Gasteiger partial charge in [-0.25, -0.2) is 4.79 Å². The molecule has 2 N–H and O–H groups in total. The Morgan fingerprint density at radius 2 is 1.96 bits per heavy atom. The summed E-state index contributed by atoms with van der Waals surface area (Å²) >= 11 is 0. The molecule has 2 rings (SSSR count). The molecule has 0 unspecified atom stereocenters. The van der Waals surface area contributed by atoms with Crippen molar-refractivity contribution >= 4 is 23.5 Å². The fourth-order valence-electron chi connectivity index (χ4n) is 2.56. The zero-order chi connectivity index (χ0) is 17.0. The number of hydrogen-bond donors (Lipinski definition) is 2. The van der Waals surface area contributed by atoms with Crippen LogP contribution in [0.5, 0.6) is 0 Å². The molecule has 6 nitrogen and oxygen atoms in total. The van der Waals surface area contributed by atoms with Crippen molar-refractivity contribution in [1.82, 2.24) is 5.32 Å². The van der Waals surface area contributed by atoms with E-state index in [9.17, 15) is 14.4 Å². The lowest BCUT2D eigenvalue weighted by molar-refractivity contribution is -0.139. The Balaban J connectivity index is 2.22. The normalized spacial score (nSPS) is 17.5. The summed E-state index contributed by atoms with van der Waals surface area (Å²) in [6, 6.07) is 7.44. The highest BCUT2D eigenvalue weighted by Crippen LogP contribution is 2.25. The topological polar surface area (TPSA) is 84.5 Å². The summed E-state index contributed by atoms with van der Waals surface area (Å²) in [5.74, 6) is -2.16. The molecule has 0 saturated carbocycles. The summed E-state index contributed by atoms with van der Waals surface area (Å²) in [4.78, 5) is 36.1. The number of rotatable bonds is 4. The van der Waals surface area contributed by atoms with Crippen LogP contribution in [0.3, 0.4) is 0 Å². The zero-order valence-electron chi connectivity index (χ0n) is 13.4. The van der Waals surface area contributed by atoms with Gasteiger partial charge >= 0.3 is 5.97 Å². The van der Waals surface area contributed by atoms with Crippen LogP contribution < -0.4 is 10.6 Å². The summed E-state index contributed by atoms with van der Waals surface area (Å²) in [6.45, 7) is 3.63. The SMILES string of the molecule is CCc1ccc(NC(=O)[C@@H]2CC(=O)NC(C)=C2C(=O)OC)cc1. The van der Waals surface area contributed by atoms with Crippen LogP contribution in [-0.2, 0) is 25.5 Å². The van der Waals surface area contributed by atoms with Crippen LogP contribution in [0.2, 0.25) is 0 Å². The fourth-order valence-corrected chi connectivity index (χ4v) is 2.56. The van der Waals surface area contributed by atoms with Crippen molar-refractivity contribution in [3.05, 3.63) is 41.1 Å². The Labute approximate surface area is 134 Å². The second-order valence-corrected chi connectivity index (χ2v) is 5.37. The summed E-state index contributed by atoms with van der Waals surface area (Å²) in [7, 11) is 1.25. The standard InChI is InChI=1S/C17H20N2O4/c1-4-11-5-7-12(8-6-11)19-16(21)13-9-14(20)18-10(2)15(13)17(22)23-3/h5-8,13H,4,9H2,1-3H3,(H,18,20)(H,19,21)/t13-/m1/s1. The molecule has 1 heterocycles. The molecule has 23 heavy (non-hydrogen) atoms. The van der Waals surface area contributed by atoms with Crippen LogP contribution in [0.15, 0.2) is 35.5 Å². The van der Waals surface area contributed by atoms with E-state index in [4.69, 9.17) is 4.74 Å². The number of carbonyl (C=O) groups excluding carboxylic acids is 3. The maximum Gasteiger partial charge on any atom is 0.336 e. The monoisotopic (exact) mass is 316 g/mol. The fraction of sp³-hybridized carbons (Fsp3) is 0.353. The number of esters is 1. The molecule has 0 fully saturated rings. The number of allylic oxidation sites excluding steroid dienone is 1. The van der Waals surface area contributed by atoms with E-state index in [1.807, 2.05) is 19.1 Å². The van der Waals surface area contributed by atoms with Crippen molar-refractivity contribution < 1.29 is 19.1 Å². The van der Waals surface area contributed by atoms with Gasteiger partial charge in [-0.05, 0) is 31.0 Å². The lowest BCUT2D eigenvalue weighted by atomic mass is 9.89. The van der Waals surface area contributed by atoms with Gasteiger partial charge in [-0.1, -0.05) is 19.1 Å². The molecule has 1 aromatic carbocycles. The van der Waals surface area contributed by atoms with E-state index in [1.165, 1.54) is 7.11 Å². The average Bonchev–Trinajstić information content (AvgIpc) is 2.54. The van der Waals surface area contributed by atoms with Crippen LogP contribution in [0.25, 0.3) is 0 Å². The molecule has 0 spiro atoms. The van der Waals surface area contributed by atoms with Crippen LogP contribution in [0.4, 0.5) is 5.69 Å². The summed E-state index contributed by atoms with van der Waals surface area (Å²) < 4.78 is 4.73. The van der Waals surface area contributed by atoms with E-state index in [0.29, 0.717) is 11.4 Å². The van der Waals surface area contributed by atoms with Gasteiger partial charge in [0, 0.05) is 17.8 Å². The van der Waals surface area contributed by atoms with Crippen LogP contribution >= 0.6 is 0 Å². The van der Waals surface area contributed by atoms with Gasteiger partial charge in [-0.2, -0.15) is 0 Å². The predicted octanol–water partition coefficient (Wildman–Crippen LogP) is 1.77. The molecule has 122 valence electrons. The Bertz CT molecular complexity index is 662. The number of anilines is 1. The summed E-state index contributed by atoms with van der Waals surface area (Å²) in [6.07, 6.45) is 0.825. The highest BCUT2D eigenvalue weighted by Gasteiger charge is 2.36. The highest BCUT2D eigenvalue weighted by molar-refractivity contribution is 6.06. The van der Waals surface area contributed by atoms with Crippen molar-refractivity contribution in [3.8, 4) is 0 Å². The van der Waals surface area contributed by atoms with Gasteiger partial charge in [0.25, 0.3) is 0 Å². The van der Waals surface area contributed by atoms with Crippen molar-refractivity contribution in [2.24, 2.45) is 5.92 Å². The minimum atomic E-state index is -0.859. The smallest absolute Gasteiger partial charge is 0.336 e. The van der Waals surface area contributed by atoms with E-state index < -0.39 is 17.8 Å². The maximum atomic E-state index is 12.5. The predicted molar refractivity (Wildman–Crippen MR) is 85.4 cm³/mol. The van der Waals surface area contributed by atoms with E-state index in [1.54, 1.807) is 19.1 Å². The minimum Gasteiger partial charge on any atom is -0.466 e. The number of hydrogen-bond acceptors (Lipinski definition) is 4. The van der Waals surface area contributed by atoms with Crippen molar-refractivity contribution in [2.45, 2.75) is 26.7 Å². The Kier molecular flexibility index (Phi) is 5.16. The molecule has 1 aliphatic heterocycles. The molecule has 0 aliphatic carbocycles. The van der Waals surface area contributed by atoms with Crippen LogP contribution in [0, 0.1) is 5.92 Å². The van der Waals surface area contributed by atoms with Gasteiger partial charge in [0.2, 0.25) is 11.8 Å². The van der Waals surface area contributed by atoms with Gasteiger partial charge in [-0.3, -0.25) is 9.59 Å². The first-order valence-electron chi connectivity index (χ1n) is 7.45. The number of amides is 2. The second kappa shape index (κ2) is 7.09. The lowest BCUT2D eigenvalue weighted by Gasteiger charge is -2.25. The number of benzene rings is 1. The molecule has 0 aromatic heterocycles. The van der Waals surface area contributed by atoms with Gasteiger partial charge in [0.1, 0.15) is 0 Å². The summed E-state index contributed by atoms with van der Waals surface area (Å²) in [5, 5.41) is 5.32. The van der Waals surface area contributed by atoms with Crippen molar-refractivity contribution in [1.29, 1.82) is 0 Å². The first kappa shape index (κ1) is 16.7. The Morgan fingerprint density at radius 3 is 2.52 bits per heavy atom. The third kappa shape index (κ3) is 3.77. The van der Waals surface area contributed by atoms with Crippen LogP contribution in [-0.4, -0.2) is 24.9 Å². The molecule has 2 amide bonds. The third-order valence-electron chi connectivity index (χ3n) is 3.82.